The highest BCUT2D eigenvalue weighted by Crippen LogP contribution is 2.36. The summed E-state index contributed by atoms with van der Waals surface area (Å²) in [7, 11) is 0. The van der Waals surface area contributed by atoms with Crippen LogP contribution >= 0.6 is 23.1 Å². The Bertz CT molecular complexity index is 867. The fourth-order valence-corrected chi connectivity index (χ4v) is 4.62. The number of aryl methyl sites for hydroxylation is 1. The van der Waals surface area contributed by atoms with Gasteiger partial charge in [-0.15, -0.1) is 23.1 Å². The third-order valence-electron chi connectivity index (χ3n) is 3.79. The molecule has 1 unspecified atom stereocenters. The number of nitrogens with zero attached hydrogens (tertiary/aromatic N) is 2. The Hall–Kier alpha value is -2.07. The van der Waals surface area contributed by atoms with E-state index in [-0.39, 0.29) is 16.1 Å². The van der Waals surface area contributed by atoms with Gasteiger partial charge in [0.2, 0.25) is 0 Å². The summed E-state index contributed by atoms with van der Waals surface area (Å²) in [5.74, 6) is -0.504. The van der Waals surface area contributed by atoms with E-state index < -0.39 is 28.9 Å². The summed E-state index contributed by atoms with van der Waals surface area (Å²) in [5, 5.41) is -0.234. The van der Waals surface area contributed by atoms with Crippen molar-refractivity contribution in [1.29, 1.82) is 0 Å². The average Bonchev–Trinajstić information content (AvgIpc) is 3.20. The molecule has 2 amide bonds. The lowest BCUT2D eigenvalue weighted by atomic mass is 10.1. The number of carbonyl (C=O) groups excluding carboxylic acids is 2. The van der Waals surface area contributed by atoms with E-state index in [0.29, 0.717) is 17.3 Å². The predicted octanol–water partition coefficient (Wildman–Crippen LogP) is 3.14. The van der Waals surface area contributed by atoms with Crippen molar-refractivity contribution < 1.29 is 22.8 Å². The van der Waals surface area contributed by atoms with Gasteiger partial charge in [-0.25, -0.2) is 4.98 Å². The second kappa shape index (κ2) is 6.92. The van der Waals surface area contributed by atoms with Crippen LogP contribution in [0.25, 0.3) is 11.3 Å². The number of benzene rings is 1. The monoisotopic (exact) mass is 401 g/mol. The van der Waals surface area contributed by atoms with Gasteiger partial charge in [-0.1, -0.05) is 12.1 Å². The first kappa shape index (κ1) is 18.7. The zero-order valence-corrected chi connectivity index (χ0v) is 15.2. The molecule has 0 spiro atoms. The van der Waals surface area contributed by atoms with Crippen LogP contribution in [0.1, 0.15) is 20.2 Å². The van der Waals surface area contributed by atoms with Gasteiger partial charge in [-0.2, -0.15) is 13.2 Å². The summed E-state index contributed by atoms with van der Waals surface area (Å²) in [4.78, 5) is 30.2. The van der Waals surface area contributed by atoms with Crippen molar-refractivity contribution in [2.24, 2.45) is 5.73 Å². The highest BCUT2D eigenvalue weighted by Gasteiger charge is 2.36. The van der Waals surface area contributed by atoms with Crippen LogP contribution < -0.4 is 5.73 Å². The van der Waals surface area contributed by atoms with Crippen LogP contribution in [0.4, 0.5) is 13.2 Å². The highest BCUT2D eigenvalue weighted by molar-refractivity contribution is 8.00. The maximum Gasteiger partial charge on any atom is 0.416 e. The van der Waals surface area contributed by atoms with E-state index in [2.05, 4.69) is 4.98 Å². The molecule has 138 valence electrons. The molecule has 0 bridgehead atoms. The van der Waals surface area contributed by atoms with E-state index in [1.54, 1.807) is 6.92 Å². The molecule has 10 heteroatoms. The summed E-state index contributed by atoms with van der Waals surface area (Å²) in [6, 6.07) is 4.68. The first-order valence-corrected chi connectivity index (χ1v) is 9.42. The van der Waals surface area contributed by atoms with E-state index in [0.717, 1.165) is 23.5 Å². The Kier molecular flexibility index (Phi) is 4.98. The molecule has 1 aromatic carbocycles. The smallest absolute Gasteiger partial charge is 0.367 e. The number of halogens is 3. The molecule has 1 atom stereocenters. The Morgan fingerprint density at radius 1 is 1.35 bits per heavy atom. The fraction of sp³-hybridized carbons (Fsp3) is 0.312. The molecule has 2 heterocycles. The third-order valence-corrected chi connectivity index (χ3v) is 5.97. The summed E-state index contributed by atoms with van der Waals surface area (Å²) < 4.78 is 39.0. The minimum Gasteiger partial charge on any atom is -0.367 e. The number of carbonyl (C=O) groups is 2. The molecule has 5 nitrogen and oxygen atoms in total. The zero-order chi connectivity index (χ0) is 19.1. The summed E-state index contributed by atoms with van der Waals surface area (Å²) in [6.45, 7) is 2.01. The number of amides is 2. The van der Waals surface area contributed by atoms with Crippen LogP contribution in [0.3, 0.4) is 0 Å². The van der Waals surface area contributed by atoms with Crippen molar-refractivity contribution in [3.8, 4) is 11.3 Å². The fourth-order valence-electron chi connectivity index (χ4n) is 2.65. The number of aromatic nitrogens is 1. The molecule has 1 fully saturated rings. The minimum absolute atomic E-state index is 0.184. The molecular formula is C16H14F3N3O2S2. The Labute approximate surface area is 155 Å². The van der Waals surface area contributed by atoms with Crippen LogP contribution in [-0.2, 0) is 11.0 Å². The second-order valence-electron chi connectivity index (χ2n) is 5.61. The zero-order valence-electron chi connectivity index (χ0n) is 13.5. The molecule has 0 aliphatic carbocycles. The lowest BCUT2D eigenvalue weighted by Crippen LogP contribution is -2.42. The maximum absolute atomic E-state index is 13.0. The van der Waals surface area contributed by atoms with Crippen molar-refractivity contribution in [3.63, 3.8) is 0 Å². The van der Waals surface area contributed by atoms with Gasteiger partial charge in [-0.05, 0) is 19.1 Å². The van der Waals surface area contributed by atoms with Gasteiger partial charge in [0.05, 0.1) is 16.3 Å². The number of primary amides is 1. The van der Waals surface area contributed by atoms with Crippen molar-refractivity contribution in [2.75, 3.05) is 12.3 Å². The van der Waals surface area contributed by atoms with Gasteiger partial charge in [0.25, 0.3) is 11.8 Å². The van der Waals surface area contributed by atoms with Crippen LogP contribution in [0, 0.1) is 6.92 Å². The summed E-state index contributed by atoms with van der Waals surface area (Å²) in [6.07, 6.45) is -4.49. The molecule has 1 aliphatic heterocycles. The standard InChI is InChI=1S/C16H14F3N3O2S2/c1-8-21-11(9-3-2-4-10(7-9)16(17,18)19)12(26-8)14(24)22-5-6-25-15(22)13(20)23/h2-4,7,15H,5-6H2,1H3,(H2,20,23). The molecule has 2 aromatic rings. The first-order chi connectivity index (χ1) is 12.2. The summed E-state index contributed by atoms with van der Waals surface area (Å²) in [5.41, 5.74) is 4.91. The number of thiazole rings is 1. The van der Waals surface area contributed by atoms with E-state index in [1.165, 1.54) is 28.8 Å². The SMILES string of the molecule is Cc1nc(-c2cccc(C(F)(F)F)c2)c(C(=O)N2CCSC2C(N)=O)s1. The largest absolute Gasteiger partial charge is 0.416 e. The molecule has 0 radical (unpaired) electrons. The van der Waals surface area contributed by atoms with Gasteiger partial charge in [0.15, 0.2) is 5.37 Å². The predicted molar refractivity (Wildman–Crippen MR) is 93.8 cm³/mol. The molecular weight excluding hydrogens is 387 g/mol. The Morgan fingerprint density at radius 2 is 2.08 bits per heavy atom. The number of hydrogen-bond acceptors (Lipinski definition) is 5. The number of hydrogen-bond donors (Lipinski definition) is 1. The van der Waals surface area contributed by atoms with E-state index in [4.69, 9.17) is 5.73 Å². The lowest BCUT2D eigenvalue weighted by molar-refractivity contribution is -0.137. The van der Waals surface area contributed by atoms with Crippen LogP contribution in [-0.4, -0.2) is 39.4 Å². The average molecular weight is 401 g/mol. The van der Waals surface area contributed by atoms with E-state index in [1.807, 2.05) is 0 Å². The lowest BCUT2D eigenvalue weighted by Gasteiger charge is -2.20. The minimum atomic E-state index is -4.49. The van der Waals surface area contributed by atoms with Crippen molar-refractivity contribution in [3.05, 3.63) is 39.7 Å². The molecule has 26 heavy (non-hydrogen) atoms. The van der Waals surface area contributed by atoms with Gasteiger partial charge in [-0.3, -0.25) is 9.59 Å². The third kappa shape index (κ3) is 3.56. The van der Waals surface area contributed by atoms with E-state index in [9.17, 15) is 22.8 Å². The highest BCUT2D eigenvalue weighted by atomic mass is 32.2. The van der Waals surface area contributed by atoms with E-state index >= 15 is 0 Å². The normalized spacial score (nSPS) is 17.5. The van der Waals surface area contributed by atoms with Gasteiger partial charge < -0.3 is 10.6 Å². The van der Waals surface area contributed by atoms with Crippen LogP contribution in [0.5, 0.6) is 0 Å². The summed E-state index contributed by atoms with van der Waals surface area (Å²) >= 11 is 2.35. The van der Waals surface area contributed by atoms with Crippen LogP contribution in [0.2, 0.25) is 0 Å². The second-order valence-corrected chi connectivity index (χ2v) is 8.00. The van der Waals surface area contributed by atoms with Crippen molar-refractivity contribution >= 4 is 34.9 Å². The van der Waals surface area contributed by atoms with Gasteiger partial charge in [0, 0.05) is 17.9 Å². The topological polar surface area (TPSA) is 76.3 Å². The molecule has 3 rings (SSSR count). The van der Waals surface area contributed by atoms with Crippen molar-refractivity contribution in [2.45, 2.75) is 18.5 Å². The molecule has 0 saturated carbocycles. The number of thioether (sulfide) groups is 1. The number of nitrogens with two attached hydrogens (primary N) is 1. The quantitative estimate of drug-likeness (QED) is 0.857. The van der Waals surface area contributed by atoms with Gasteiger partial charge in [0.1, 0.15) is 4.88 Å². The van der Waals surface area contributed by atoms with Crippen molar-refractivity contribution in [1.82, 2.24) is 9.88 Å². The molecule has 1 aromatic heterocycles. The number of rotatable bonds is 3. The Morgan fingerprint density at radius 3 is 2.73 bits per heavy atom. The molecule has 1 saturated heterocycles. The van der Waals surface area contributed by atoms with Crippen LogP contribution in [0.15, 0.2) is 24.3 Å². The molecule has 1 aliphatic rings. The van der Waals surface area contributed by atoms with Gasteiger partial charge >= 0.3 is 6.18 Å². The number of alkyl halides is 3. The Balaban J connectivity index is 2.02. The molecule has 2 N–H and O–H groups in total. The maximum atomic E-state index is 13.0. The first-order valence-electron chi connectivity index (χ1n) is 7.55.